The lowest BCUT2D eigenvalue weighted by molar-refractivity contribution is 0.415. The van der Waals surface area contributed by atoms with Crippen molar-refractivity contribution in [3.63, 3.8) is 0 Å². The van der Waals surface area contributed by atoms with Crippen LogP contribution in [-0.4, -0.2) is 23.6 Å². The third-order valence-corrected chi connectivity index (χ3v) is 2.39. The average Bonchev–Trinajstić information content (AvgIpc) is 2.40. The molecule has 0 radical (unpaired) electrons. The van der Waals surface area contributed by atoms with Gasteiger partial charge in [-0.1, -0.05) is 12.1 Å². The first-order valence-corrected chi connectivity index (χ1v) is 5.54. The lowest BCUT2D eigenvalue weighted by Crippen LogP contribution is -1.99. The lowest BCUT2D eigenvalue weighted by atomic mass is 10.1. The van der Waals surface area contributed by atoms with E-state index in [0.29, 0.717) is 0 Å². The molecule has 1 heterocycles. The number of aromatic nitrogens is 2. The number of hydrogen-bond acceptors (Lipinski definition) is 4. The Morgan fingerprint density at radius 2 is 2.12 bits per heavy atom. The van der Waals surface area contributed by atoms with Crippen LogP contribution in [0.2, 0.25) is 0 Å². The van der Waals surface area contributed by atoms with Gasteiger partial charge < -0.3 is 10.1 Å². The molecule has 2 aromatic rings. The number of nitrogens with one attached hydrogen (secondary N) is 1. The predicted octanol–water partition coefficient (Wildman–Crippen LogP) is 2.58. The zero-order valence-electron chi connectivity index (χ0n) is 9.97. The molecule has 0 aliphatic carbocycles. The third kappa shape index (κ3) is 2.72. The first kappa shape index (κ1) is 11.4. The summed E-state index contributed by atoms with van der Waals surface area (Å²) in [6.45, 7) is 2.88. The van der Waals surface area contributed by atoms with Gasteiger partial charge in [-0.2, -0.15) is 0 Å². The van der Waals surface area contributed by atoms with Crippen LogP contribution in [-0.2, 0) is 0 Å². The van der Waals surface area contributed by atoms with Gasteiger partial charge in [0, 0.05) is 18.2 Å². The van der Waals surface area contributed by atoms with Crippen LogP contribution >= 0.6 is 0 Å². The molecule has 17 heavy (non-hydrogen) atoms. The van der Waals surface area contributed by atoms with Crippen molar-refractivity contribution in [1.29, 1.82) is 0 Å². The molecule has 0 saturated carbocycles. The standard InChI is InChI=1S/C13H15N3O/c1-3-14-13-8-12(15-9-16-13)10-5-4-6-11(7-10)17-2/h4-9H,3H2,1-2H3,(H,14,15,16). The Kier molecular flexibility index (Phi) is 3.55. The molecule has 0 amide bonds. The van der Waals surface area contributed by atoms with Crippen molar-refractivity contribution in [2.75, 3.05) is 19.0 Å². The van der Waals surface area contributed by atoms with Gasteiger partial charge in [-0.25, -0.2) is 9.97 Å². The predicted molar refractivity (Wildman–Crippen MR) is 68.2 cm³/mol. The molecule has 0 saturated heterocycles. The Morgan fingerprint density at radius 3 is 2.88 bits per heavy atom. The Balaban J connectivity index is 2.34. The molecule has 0 aliphatic heterocycles. The Morgan fingerprint density at radius 1 is 1.24 bits per heavy atom. The first-order chi connectivity index (χ1) is 8.33. The van der Waals surface area contributed by atoms with E-state index in [4.69, 9.17) is 4.74 Å². The number of nitrogens with zero attached hydrogens (tertiary/aromatic N) is 2. The Labute approximate surface area is 101 Å². The van der Waals surface area contributed by atoms with Crippen LogP contribution in [0.4, 0.5) is 5.82 Å². The largest absolute Gasteiger partial charge is 0.497 e. The topological polar surface area (TPSA) is 47.0 Å². The quantitative estimate of drug-likeness (QED) is 0.875. The highest BCUT2D eigenvalue weighted by Crippen LogP contribution is 2.22. The summed E-state index contributed by atoms with van der Waals surface area (Å²) in [6.07, 6.45) is 1.56. The van der Waals surface area contributed by atoms with Crippen molar-refractivity contribution in [2.45, 2.75) is 6.92 Å². The number of hydrogen-bond donors (Lipinski definition) is 1. The summed E-state index contributed by atoms with van der Waals surface area (Å²) in [5.41, 5.74) is 1.90. The van der Waals surface area contributed by atoms with Crippen LogP contribution in [0.15, 0.2) is 36.7 Å². The fourth-order valence-corrected chi connectivity index (χ4v) is 1.58. The van der Waals surface area contributed by atoms with Crippen molar-refractivity contribution in [3.05, 3.63) is 36.7 Å². The smallest absolute Gasteiger partial charge is 0.129 e. The van der Waals surface area contributed by atoms with Crippen LogP contribution in [0.5, 0.6) is 5.75 Å². The van der Waals surface area contributed by atoms with E-state index in [1.54, 1.807) is 13.4 Å². The molecule has 0 atom stereocenters. The van der Waals surface area contributed by atoms with E-state index < -0.39 is 0 Å². The normalized spacial score (nSPS) is 10.0. The second-order valence-corrected chi connectivity index (χ2v) is 3.55. The van der Waals surface area contributed by atoms with Crippen LogP contribution in [0.3, 0.4) is 0 Å². The van der Waals surface area contributed by atoms with Crippen molar-refractivity contribution >= 4 is 5.82 Å². The van der Waals surface area contributed by atoms with Crippen LogP contribution in [0.1, 0.15) is 6.92 Å². The molecule has 0 fully saturated rings. The molecule has 0 spiro atoms. The molecular weight excluding hydrogens is 214 g/mol. The van der Waals surface area contributed by atoms with Crippen molar-refractivity contribution in [3.8, 4) is 17.0 Å². The maximum Gasteiger partial charge on any atom is 0.129 e. The van der Waals surface area contributed by atoms with Crippen molar-refractivity contribution < 1.29 is 4.74 Å². The molecule has 0 bridgehead atoms. The third-order valence-electron chi connectivity index (χ3n) is 2.39. The van der Waals surface area contributed by atoms with Gasteiger partial charge in [0.15, 0.2) is 0 Å². The SMILES string of the molecule is CCNc1cc(-c2cccc(OC)c2)ncn1. The zero-order chi connectivity index (χ0) is 12.1. The molecule has 2 rings (SSSR count). The van der Waals surface area contributed by atoms with E-state index in [-0.39, 0.29) is 0 Å². The van der Waals surface area contributed by atoms with E-state index in [2.05, 4.69) is 15.3 Å². The maximum atomic E-state index is 5.20. The minimum Gasteiger partial charge on any atom is -0.497 e. The van der Waals surface area contributed by atoms with E-state index in [0.717, 1.165) is 29.4 Å². The maximum absolute atomic E-state index is 5.20. The van der Waals surface area contributed by atoms with Crippen LogP contribution < -0.4 is 10.1 Å². The molecular formula is C13H15N3O. The minimum absolute atomic E-state index is 0.825. The highest BCUT2D eigenvalue weighted by Gasteiger charge is 2.02. The molecule has 1 N–H and O–H groups in total. The summed E-state index contributed by atoms with van der Waals surface area (Å²) >= 11 is 0. The zero-order valence-corrected chi connectivity index (χ0v) is 9.97. The Hall–Kier alpha value is -2.10. The summed E-state index contributed by atoms with van der Waals surface area (Å²) < 4.78 is 5.20. The average molecular weight is 229 g/mol. The second-order valence-electron chi connectivity index (χ2n) is 3.55. The monoisotopic (exact) mass is 229 g/mol. The second kappa shape index (κ2) is 5.30. The summed E-state index contributed by atoms with van der Waals surface area (Å²) in [4.78, 5) is 8.40. The van der Waals surface area contributed by atoms with Crippen molar-refractivity contribution in [1.82, 2.24) is 9.97 Å². The van der Waals surface area contributed by atoms with Crippen LogP contribution in [0, 0.1) is 0 Å². The van der Waals surface area contributed by atoms with Gasteiger partial charge in [0.2, 0.25) is 0 Å². The molecule has 4 nitrogen and oxygen atoms in total. The van der Waals surface area contributed by atoms with Gasteiger partial charge in [0.05, 0.1) is 12.8 Å². The van der Waals surface area contributed by atoms with Crippen molar-refractivity contribution in [2.24, 2.45) is 0 Å². The summed E-state index contributed by atoms with van der Waals surface area (Å²) in [6, 6.07) is 9.75. The number of methoxy groups -OCH3 is 1. The van der Waals surface area contributed by atoms with Gasteiger partial charge in [-0.3, -0.25) is 0 Å². The van der Waals surface area contributed by atoms with Gasteiger partial charge in [-0.15, -0.1) is 0 Å². The molecule has 4 heteroatoms. The number of ether oxygens (including phenoxy) is 1. The molecule has 0 aliphatic rings. The fraction of sp³-hybridized carbons (Fsp3) is 0.231. The van der Waals surface area contributed by atoms with Gasteiger partial charge in [-0.05, 0) is 19.1 Å². The van der Waals surface area contributed by atoms with E-state index in [9.17, 15) is 0 Å². The summed E-state index contributed by atoms with van der Waals surface area (Å²) in [5, 5.41) is 3.16. The van der Waals surface area contributed by atoms with Crippen LogP contribution in [0.25, 0.3) is 11.3 Å². The number of benzene rings is 1. The van der Waals surface area contributed by atoms with Gasteiger partial charge in [0.25, 0.3) is 0 Å². The lowest BCUT2D eigenvalue weighted by Gasteiger charge is -2.06. The Bertz CT molecular complexity index is 500. The number of rotatable bonds is 4. The highest BCUT2D eigenvalue weighted by atomic mass is 16.5. The van der Waals surface area contributed by atoms with E-state index in [1.165, 1.54) is 0 Å². The van der Waals surface area contributed by atoms with E-state index >= 15 is 0 Å². The van der Waals surface area contributed by atoms with Gasteiger partial charge >= 0.3 is 0 Å². The minimum atomic E-state index is 0.825. The summed E-state index contributed by atoms with van der Waals surface area (Å²) in [7, 11) is 1.66. The summed E-state index contributed by atoms with van der Waals surface area (Å²) in [5.74, 6) is 1.66. The first-order valence-electron chi connectivity index (χ1n) is 5.54. The van der Waals surface area contributed by atoms with E-state index in [1.807, 2.05) is 37.3 Å². The van der Waals surface area contributed by atoms with Gasteiger partial charge in [0.1, 0.15) is 17.9 Å². The number of anilines is 1. The molecule has 1 aromatic carbocycles. The molecule has 88 valence electrons. The highest BCUT2D eigenvalue weighted by molar-refractivity contribution is 5.63. The fourth-order valence-electron chi connectivity index (χ4n) is 1.58. The molecule has 1 aromatic heterocycles. The molecule has 0 unspecified atom stereocenters.